The van der Waals surface area contributed by atoms with Crippen LogP contribution in [0.5, 0.6) is 0 Å². The number of alkyl halides is 3. The number of fused-ring (bicyclic) bond motifs is 6. The number of likely N-dealkylation sites (N-methyl/N-ethyl adjacent to an activating group) is 2. The number of aromatic nitrogens is 8. The zero-order valence-corrected chi connectivity index (χ0v) is 79.6. The van der Waals surface area contributed by atoms with Crippen molar-refractivity contribution in [2.24, 2.45) is 14.1 Å². The monoisotopic (exact) mass is 1910 g/mol. The average Bonchev–Trinajstić information content (AvgIpc) is 1.61. The zero-order valence-electron chi connectivity index (χ0n) is 72.0. The average molecular weight is 1910 g/mol. The topological polar surface area (TPSA) is 158 Å². The minimum Gasteiger partial charge on any atom is -0.0622 e. The number of halogens is 5. The van der Waals surface area contributed by atoms with Crippen molar-refractivity contribution >= 4 is 133 Å². The van der Waals surface area contributed by atoms with E-state index in [4.69, 9.17) is 47.8 Å². The number of hydrogen-bond acceptors (Lipinski definition) is 13. The van der Waals surface area contributed by atoms with Gasteiger partial charge in [-0.3, -0.25) is 19.2 Å². The number of nitrogens with zero attached hydrogens (tertiary/aromatic N) is 10. The fourth-order valence-electron chi connectivity index (χ4n) is 15.4. The Bertz CT molecular complexity index is 5240. The molecule has 0 spiro atoms. The summed E-state index contributed by atoms with van der Waals surface area (Å²) in [4.78, 5) is 14.3. The molecule has 4 unspecified atom stereocenters. The number of benzene rings is 6. The quantitative estimate of drug-likeness (QED) is 0.0208. The van der Waals surface area contributed by atoms with Crippen molar-refractivity contribution in [1.29, 1.82) is 0 Å². The molecule has 124 heavy (non-hydrogen) atoms. The second-order valence-corrected chi connectivity index (χ2v) is 54.3. The first kappa shape index (κ1) is 98.7. The van der Waals surface area contributed by atoms with E-state index in [-0.39, 0.29) is 55.1 Å². The molecule has 6 aromatic heterocycles. The first-order chi connectivity index (χ1) is 58.2. The molecule has 29 heteroatoms. The van der Waals surface area contributed by atoms with Crippen molar-refractivity contribution in [2.45, 2.75) is 187 Å². The molecule has 17 rings (SSSR count). The summed E-state index contributed by atoms with van der Waals surface area (Å²) in [5, 5.41) is 19.4. The van der Waals surface area contributed by atoms with Crippen LogP contribution in [0.4, 0.5) is 13.2 Å². The second-order valence-electron chi connectivity index (χ2n) is 34.7. The third-order valence-electron chi connectivity index (χ3n) is 22.9. The fourth-order valence-corrected chi connectivity index (χ4v) is 22.0. The van der Waals surface area contributed by atoms with Crippen LogP contribution in [0.25, 0.3) is 49.9 Å². The standard InChI is InChI=1S/C25H35N5OSi.C23H35BN4O3Si.2C18H15P.C9H12F3NO3S.2CH4.2ClH.Pd/c1-28-15-20(14-27-28)24-16-30(17-31-8-9-32(3,4)5)25-23(24)12-19(13-26-25)18-10-21-6-7-22(11-18)29(21)2;1-22(2)23(3,4)31-24(30-22)18-11-19-20(17-12-26-27(5)14-17)15-28(21(19)25-13-18)16-29-9-10-32(6,7)8;2*1-4-10-16(11-5-1)19(17-12-6-2-7-13-17)18-14-8-3-9-15-18;1-13-6-2-3-7(13)5-8(4-6)16-17(14,15)9(10,11)12;;;;;/h10,12-16,21-22H,6-9,11,17H2,1-5H3;11-15H,9-10,16H2,1-8H3;2*1-15H;4,6-7H,2-3,5H2,1H3;2*1H4;2*1H;/q;;;;;;;;;+2/p-2. The number of pyridine rings is 2. The SMILES string of the molecule is C.C.CN1C2C=C(OS(=O)(=O)C(F)(F)F)CC1CC2.CN1C2C=C(c3cnc4c(c3)c(-c3cnn(C)c3)cn4COCC[Si](C)(C)C)CC1CC2.Cn1cc(-c2cn(COCC[Si](C)(C)C)c3ncc(B4OC(C)(C)C(C)(C)O4)cc23)cn1.[Cl][Pd][Cl].c1ccc(P(c2ccccc2)c2ccccc2)cc1.c1ccc(P(c2ccccc2)c2ccccc2)cc1. The first-order valence-electron chi connectivity index (χ1n) is 41.2. The molecule has 12 aromatic rings. The molecule has 0 saturated carbocycles. The van der Waals surface area contributed by atoms with Crippen LogP contribution >= 0.6 is 34.9 Å². The molecule has 5 aliphatic heterocycles. The molecule has 0 radical (unpaired) electrons. The normalized spacial score (nSPS) is 17.8. The van der Waals surface area contributed by atoms with Crippen LogP contribution in [-0.2, 0) is 76.6 Å². The zero-order chi connectivity index (χ0) is 87.2. The fraction of sp³-hybridized carbons (Fsp3) is 0.368. The Morgan fingerprint density at radius 3 is 1.20 bits per heavy atom. The van der Waals surface area contributed by atoms with Gasteiger partial charge in [0.05, 0.1) is 23.6 Å². The van der Waals surface area contributed by atoms with E-state index in [0.717, 1.165) is 77.4 Å². The summed E-state index contributed by atoms with van der Waals surface area (Å²) >= 11 is -0.106. The van der Waals surface area contributed by atoms with Gasteiger partial charge in [-0.05, 0) is 163 Å². The molecule has 5 aliphatic rings. The minimum absolute atomic E-state index is 0. The van der Waals surface area contributed by atoms with E-state index in [0.29, 0.717) is 25.5 Å². The molecule has 3 fully saturated rings. The maximum absolute atomic E-state index is 12.1. The van der Waals surface area contributed by atoms with E-state index in [1.165, 1.54) is 78.9 Å². The van der Waals surface area contributed by atoms with E-state index in [1.54, 1.807) is 0 Å². The number of hydrogen-bond donors (Lipinski definition) is 0. The Kier molecular flexibility index (Phi) is 35.0. The molecule has 0 amide bonds. The van der Waals surface area contributed by atoms with Gasteiger partial charge in [0.2, 0.25) is 0 Å². The summed E-state index contributed by atoms with van der Waals surface area (Å²) in [6.07, 6.45) is 25.6. The summed E-state index contributed by atoms with van der Waals surface area (Å²) in [5.74, 6) is -0.0899. The molecular formula is C95H120BCl2F3N10O7P2PdSSi2. The minimum atomic E-state index is -5.52. The summed E-state index contributed by atoms with van der Waals surface area (Å²) in [7, 11) is 8.56. The Morgan fingerprint density at radius 1 is 0.508 bits per heavy atom. The van der Waals surface area contributed by atoms with Crippen molar-refractivity contribution in [2.75, 3.05) is 27.3 Å². The van der Waals surface area contributed by atoms with E-state index < -0.39 is 65.9 Å². The Balaban J connectivity index is 0.000000164. The van der Waals surface area contributed by atoms with Gasteiger partial charge in [-0.15, -0.1) is 0 Å². The van der Waals surface area contributed by atoms with Gasteiger partial charge in [-0.25, -0.2) is 9.97 Å². The number of rotatable bonds is 22. The molecule has 664 valence electrons. The smallest absolute Gasteiger partial charge is 0.0134 e. The van der Waals surface area contributed by atoms with Gasteiger partial charge >= 0.3 is 57.7 Å². The van der Waals surface area contributed by atoms with Crippen LogP contribution < -0.4 is 37.3 Å². The van der Waals surface area contributed by atoms with Crippen molar-refractivity contribution in [3.63, 3.8) is 0 Å². The van der Waals surface area contributed by atoms with Crippen LogP contribution in [0.3, 0.4) is 0 Å². The maximum atomic E-state index is 12.1. The number of aryl methyl sites for hydroxylation is 2. The maximum Gasteiger partial charge on any atom is -0.0134 e. The molecule has 17 nitrogen and oxygen atoms in total. The van der Waals surface area contributed by atoms with Crippen molar-refractivity contribution in [3.8, 4) is 22.3 Å². The number of ether oxygens (including phenoxy) is 2. The van der Waals surface area contributed by atoms with E-state index in [9.17, 15) is 21.6 Å². The van der Waals surface area contributed by atoms with Gasteiger partial charge < -0.3 is 32.1 Å². The second kappa shape index (κ2) is 44.0. The Hall–Kier alpha value is -7.50. The molecule has 0 N–H and O–H groups in total. The van der Waals surface area contributed by atoms with Crippen LogP contribution in [0, 0.1) is 0 Å². The first-order valence-corrected chi connectivity index (χ1v) is 56.7. The van der Waals surface area contributed by atoms with E-state index in [1.807, 2.05) is 60.2 Å². The Morgan fingerprint density at radius 2 is 0.863 bits per heavy atom. The van der Waals surface area contributed by atoms with Gasteiger partial charge in [0.15, 0.2) is 0 Å². The molecule has 3 saturated heterocycles. The molecule has 4 bridgehead atoms. The summed E-state index contributed by atoms with van der Waals surface area (Å²) in [5.41, 5.74) is 3.75. The van der Waals surface area contributed by atoms with Gasteiger partial charge in [0.1, 0.15) is 30.5 Å². The predicted molar refractivity (Wildman–Crippen MR) is 514 cm³/mol. The van der Waals surface area contributed by atoms with Crippen LogP contribution in [0.15, 0.2) is 262 Å². The molecule has 11 heterocycles. The van der Waals surface area contributed by atoms with Crippen LogP contribution in [0.2, 0.25) is 51.4 Å². The van der Waals surface area contributed by atoms with Gasteiger partial charge in [0.25, 0.3) is 0 Å². The van der Waals surface area contributed by atoms with Crippen molar-refractivity contribution in [1.82, 2.24) is 48.5 Å². The third kappa shape index (κ3) is 25.7. The van der Waals surface area contributed by atoms with Crippen LogP contribution in [0.1, 0.15) is 86.6 Å². The van der Waals surface area contributed by atoms with Gasteiger partial charge in [0, 0.05) is 150 Å². The van der Waals surface area contributed by atoms with Gasteiger partial charge in [-0.2, -0.15) is 31.8 Å². The molecule has 6 aromatic carbocycles. The van der Waals surface area contributed by atoms with E-state index >= 15 is 0 Å². The van der Waals surface area contributed by atoms with Crippen molar-refractivity contribution in [3.05, 3.63) is 267 Å². The molecular weight excluding hydrogens is 1790 g/mol. The summed E-state index contributed by atoms with van der Waals surface area (Å²) in [6, 6.07) is 72.7. The van der Waals surface area contributed by atoms with Crippen LogP contribution in [-0.4, -0.2) is 148 Å². The summed E-state index contributed by atoms with van der Waals surface area (Å²) < 4.78 is 94.7. The largest absolute Gasteiger partial charge is 0.0622 e. The third-order valence-corrected chi connectivity index (χ3v) is 32.2. The van der Waals surface area contributed by atoms with Crippen molar-refractivity contribution < 1.29 is 60.5 Å². The predicted octanol–water partition coefficient (Wildman–Crippen LogP) is 20.2. The van der Waals surface area contributed by atoms with E-state index in [2.05, 4.69) is 327 Å². The van der Waals surface area contributed by atoms with Gasteiger partial charge in [-0.1, -0.05) is 242 Å². The molecule has 4 atom stereocenters. The summed E-state index contributed by atoms with van der Waals surface area (Å²) in [6.45, 7) is 25.1. The molecule has 0 aliphatic carbocycles. The Labute approximate surface area is 754 Å².